The summed E-state index contributed by atoms with van der Waals surface area (Å²) < 4.78 is 0. The molecule has 0 amide bonds. The molecule has 0 radical (unpaired) electrons. The number of alkyl halides is 1. The SMILES string of the molecule is BrC1CC2C3CC4C5C=C(C42)C1C53. The molecule has 1 heteroatoms. The molecule has 0 aromatic heterocycles. The van der Waals surface area contributed by atoms with Gasteiger partial charge in [-0.15, -0.1) is 0 Å². The van der Waals surface area contributed by atoms with Crippen LogP contribution < -0.4 is 0 Å². The van der Waals surface area contributed by atoms with Crippen molar-refractivity contribution in [2.45, 2.75) is 17.7 Å². The first-order valence-corrected chi connectivity index (χ1v) is 6.63. The highest BCUT2D eigenvalue weighted by Crippen LogP contribution is 2.78. The third-order valence-corrected chi connectivity index (χ3v) is 6.85. The summed E-state index contributed by atoms with van der Waals surface area (Å²) in [4.78, 5) is 0.852. The van der Waals surface area contributed by atoms with Gasteiger partial charge in [-0.25, -0.2) is 0 Å². The van der Waals surface area contributed by atoms with Crippen LogP contribution in [0, 0.1) is 41.4 Å². The fraction of sp³-hybridized carbons (Fsp3) is 0.833. The van der Waals surface area contributed by atoms with Crippen LogP contribution in [0.25, 0.3) is 0 Å². The van der Waals surface area contributed by atoms with Crippen molar-refractivity contribution in [3.8, 4) is 0 Å². The molecule has 0 aliphatic heterocycles. The summed E-state index contributed by atoms with van der Waals surface area (Å²) in [6, 6.07) is 0. The third-order valence-electron chi connectivity index (χ3n) is 5.91. The Morgan fingerprint density at radius 3 is 2.92 bits per heavy atom. The van der Waals surface area contributed by atoms with Gasteiger partial charge in [-0.05, 0) is 54.3 Å². The van der Waals surface area contributed by atoms with Gasteiger partial charge in [-0.3, -0.25) is 0 Å². The van der Waals surface area contributed by atoms with Gasteiger partial charge in [-0.2, -0.15) is 0 Å². The van der Waals surface area contributed by atoms with E-state index in [-0.39, 0.29) is 0 Å². The summed E-state index contributed by atoms with van der Waals surface area (Å²) in [5, 5.41) is 0. The predicted molar refractivity (Wildman–Crippen MR) is 54.5 cm³/mol. The van der Waals surface area contributed by atoms with Crippen LogP contribution in [-0.4, -0.2) is 4.83 Å². The second kappa shape index (κ2) is 1.68. The van der Waals surface area contributed by atoms with E-state index in [0.717, 1.165) is 46.3 Å². The van der Waals surface area contributed by atoms with Crippen molar-refractivity contribution in [2.24, 2.45) is 41.4 Å². The van der Waals surface area contributed by atoms with Crippen LogP contribution in [0.15, 0.2) is 11.6 Å². The van der Waals surface area contributed by atoms with Crippen molar-refractivity contribution in [2.75, 3.05) is 0 Å². The lowest BCUT2D eigenvalue weighted by atomic mass is 9.53. The van der Waals surface area contributed by atoms with Crippen LogP contribution in [-0.2, 0) is 0 Å². The first-order valence-electron chi connectivity index (χ1n) is 5.72. The second-order valence-corrected chi connectivity index (χ2v) is 7.03. The number of hydrogen-bond acceptors (Lipinski definition) is 0. The fourth-order valence-corrected chi connectivity index (χ4v) is 7.02. The molecule has 0 saturated heterocycles. The average Bonchev–Trinajstić information content (AvgIpc) is 2.67. The van der Waals surface area contributed by atoms with Crippen molar-refractivity contribution < 1.29 is 0 Å². The normalized spacial score (nSPS) is 74.4. The highest BCUT2D eigenvalue weighted by Gasteiger charge is 2.72. The van der Waals surface area contributed by atoms with Crippen LogP contribution in [0.5, 0.6) is 0 Å². The van der Waals surface area contributed by atoms with Gasteiger partial charge < -0.3 is 0 Å². The highest BCUT2D eigenvalue weighted by molar-refractivity contribution is 9.09. The van der Waals surface area contributed by atoms with Gasteiger partial charge in [0.25, 0.3) is 0 Å². The molecule has 4 fully saturated rings. The molecule has 0 heterocycles. The first kappa shape index (κ1) is 6.66. The maximum atomic E-state index is 3.92. The van der Waals surface area contributed by atoms with E-state index in [9.17, 15) is 0 Å². The number of allylic oxidation sites excluding steroid dienone is 2. The molecular weight excluding hydrogens is 224 g/mol. The molecule has 0 aromatic rings. The van der Waals surface area contributed by atoms with Crippen LogP contribution in [0.2, 0.25) is 0 Å². The maximum Gasteiger partial charge on any atom is 0.0217 e. The molecule has 6 bridgehead atoms. The Bertz CT molecular complexity index is 345. The van der Waals surface area contributed by atoms with Crippen molar-refractivity contribution in [3.63, 3.8) is 0 Å². The van der Waals surface area contributed by atoms with Gasteiger partial charge >= 0.3 is 0 Å². The molecule has 4 saturated carbocycles. The lowest BCUT2D eigenvalue weighted by Gasteiger charge is -2.54. The van der Waals surface area contributed by atoms with Crippen LogP contribution in [0.3, 0.4) is 0 Å². The summed E-state index contributed by atoms with van der Waals surface area (Å²) in [5.41, 5.74) is 1.91. The van der Waals surface area contributed by atoms with Gasteiger partial charge in [0, 0.05) is 4.83 Å². The van der Waals surface area contributed by atoms with Crippen LogP contribution >= 0.6 is 15.9 Å². The number of hydrogen-bond donors (Lipinski definition) is 0. The molecule has 8 atom stereocenters. The van der Waals surface area contributed by atoms with E-state index in [2.05, 4.69) is 22.0 Å². The number of fused-ring (bicyclic) bond motifs is 1. The Hall–Kier alpha value is 0.220. The zero-order valence-corrected chi connectivity index (χ0v) is 9.07. The Labute approximate surface area is 86.9 Å². The van der Waals surface area contributed by atoms with E-state index >= 15 is 0 Å². The molecule has 0 spiro atoms. The van der Waals surface area contributed by atoms with E-state index in [1.165, 1.54) is 6.42 Å². The second-order valence-electron chi connectivity index (χ2n) is 5.85. The minimum atomic E-state index is 0.852. The Morgan fingerprint density at radius 1 is 1.08 bits per heavy atom. The minimum absolute atomic E-state index is 0.852. The molecule has 0 N–H and O–H groups in total. The summed E-state index contributed by atoms with van der Waals surface area (Å²) in [7, 11) is 0. The summed E-state index contributed by atoms with van der Waals surface area (Å²) >= 11 is 3.92. The Morgan fingerprint density at radius 2 is 2.00 bits per heavy atom. The monoisotopic (exact) mass is 236 g/mol. The van der Waals surface area contributed by atoms with E-state index in [4.69, 9.17) is 0 Å². The summed E-state index contributed by atoms with van der Waals surface area (Å²) in [6.45, 7) is 0. The van der Waals surface area contributed by atoms with Gasteiger partial charge in [0.1, 0.15) is 0 Å². The van der Waals surface area contributed by atoms with Gasteiger partial charge in [0.05, 0.1) is 0 Å². The van der Waals surface area contributed by atoms with Gasteiger partial charge in [0.15, 0.2) is 0 Å². The third kappa shape index (κ3) is 0.468. The zero-order chi connectivity index (χ0) is 8.32. The number of rotatable bonds is 0. The van der Waals surface area contributed by atoms with E-state index in [1.807, 2.05) is 5.57 Å². The molecule has 0 aromatic carbocycles. The van der Waals surface area contributed by atoms with E-state index in [0.29, 0.717) is 0 Å². The molecule has 13 heavy (non-hydrogen) atoms. The smallest absolute Gasteiger partial charge is 0.0217 e. The van der Waals surface area contributed by atoms with Crippen LogP contribution in [0.4, 0.5) is 0 Å². The van der Waals surface area contributed by atoms with Crippen LogP contribution in [0.1, 0.15) is 12.8 Å². The van der Waals surface area contributed by atoms with Crippen molar-refractivity contribution in [1.29, 1.82) is 0 Å². The maximum absolute atomic E-state index is 3.92. The van der Waals surface area contributed by atoms with E-state index < -0.39 is 0 Å². The average molecular weight is 237 g/mol. The van der Waals surface area contributed by atoms with Crippen molar-refractivity contribution in [1.82, 2.24) is 0 Å². The quantitative estimate of drug-likeness (QED) is 0.449. The van der Waals surface area contributed by atoms with Gasteiger partial charge in [0.2, 0.25) is 0 Å². The minimum Gasteiger partial charge on any atom is -0.0884 e. The number of halogens is 1. The molecule has 6 rings (SSSR count). The molecular formula is C12H13Br. The fourth-order valence-electron chi connectivity index (χ4n) is 5.93. The molecule has 68 valence electrons. The topological polar surface area (TPSA) is 0 Å². The zero-order valence-electron chi connectivity index (χ0n) is 7.49. The molecule has 0 nitrogen and oxygen atoms in total. The molecule has 6 aliphatic carbocycles. The summed E-state index contributed by atoms with van der Waals surface area (Å²) in [5.74, 6) is 7.61. The van der Waals surface area contributed by atoms with E-state index in [1.54, 1.807) is 6.42 Å². The largest absolute Gasteiger partial charge is 0.0884 e. The summed E-state index contributed by atoms with van der Waals surface area (Å²) in [6.07, 6.45) is 5.79. The molecule has 6 aliphatic rings. The Kier molecular flexibility index (Phi) is 0.863. The molecule has 8 unspecified atom stereocenters. The predicted octanol–water partition coefficient (Wildman–Crippen LogP) is 2.84. The van der Waals surface area contributed by atoms with Gasteiger partial charge in [-0.1, -0.05) is 27.6 Å². The standard InChI is InChI=1S/C12H13Br/c13-9-3-7-5-1-4-6-2-8(10(4)7)12(9)11(5)6/h2,4-7,9-12H,1,3H2. The lowest BCUT2D eigenvalue weighted by Crippen LogP contribution is -2.50. The van der Waals surface area contributed by atoms with Crippen molar-refractivity contribution >= 4 is 15.9 Å². The lowest BCUT2D eigenvalue weighted by molar-refractivity contribution is 0.0275. The Balaban J connectivity index is 1.83. The van der Waals surface area contributed by atoms with Crippen molar-refractivity contribution in [3.05, 3.63) is 11.6 Å². The first-order chi connectivity index (χ1) is 6.36. The highest BCUT2D eigenvalue weighted by atomic mass is 79.9.